The Kier molecular flexibility index (Phi) is 5.03. The second-order valence-corrected chi connectivity index (χ2v) is 6.15. The van der Waals surface area contributed by atoms with E-state index in [1.165, 1.54) is 20.5 Å². The molecule has 114 valence electrons. The van der Waals surface area contributed by atoms with E-state index in [-0.39, 0.29) is 13.0 Å². The Bertz CT molecular complexity index is 678. The van der Waals surface area contributed by atoms with Gasteiger partial charge in [-0.2, -0.15) is 0 Å². The van der Waals surface area contributed by atoms with Gasteiger partial charge in [-0.15, -0.1) is 0 Å². The number of aromatic nitrogens is 4. The van der Waals surface area contributed by atoms with Crippen LogP contribution in [-0.4, -0.2) is 46.7 Å². The summed E-state index contributed by atoms with van der Waals surface area (Å²) in [5, 5.41) is 0. The normalized spacial score (nSPS) is 12.5. The van der Waals surface area contributed by atoms with Crippen molar-refractivity contribution in [2.24, 2.45) is 0 Å². The minimum absolute atomic E-state index is 0.121. The predicted molar refractivity (Wildman–Crippen MR) is 77.5 cm³/mol. The van der Waals surface area contributed by atoms with Crippen LogP contribution in [0.2, 0.25) is 0 Å². The first kappa shape index (κ1) is 15.6. The van der Waals surface area contributed by atoms with Gasteiger partial charge in [-0.1, -0.05) is 0 Å². The molecule has 0 radical (unpaired) electrons. The number of imidazole rings is 1. The third-order valence-corrected chi connectivity index (χ3v) is 4.28. The van der Waals surface area contributed by atoms with Crippen LogP contribution in [0.4, 0.5) is 5.82 Å². The van der Waals surface area contributed by atoms with Gasteiger partial charge in [0, 0.05) is 20.4 Å². The number of nitrogens with zero attached hydrogens (tertiary/aromatic N) is 4. The van der Waals surface area contributed by atoms with Crippen LogP contribution in [0.25, 0.3) is 17.4 Å². The van der Waals surface area contributed by atoms with Crippen molar-refractivity contribution < 1.29 is 18.3 Å². The Morgan fingerprint density at radius 2 is 2.10 bits per heavy atom. The zero-order valence-corrected chi connectivity index (χ0v) is 12.6. The minimum atomic E-state index is -3.14. The molecule has 0 saturated carbocycles. The lowest BCUT2D eigenvalue weighted by Crippen LogP contribution is -2.00. The molecule has 10 heteroatoms. The molecule has 0 fully saturated rings. The molecule has 9 nitrogen and oxygen atoms in total. The van der Waals surface area contributed by atoms with Gasteiger partial charge in [0.25, 0.3) is 0 Å². The van der Waals surface area contributed by atoms with Crippen LogP contribution in [0.5, 0.6) is 0 Å². The summed E-state index contributed by atoms with van der Waals surface area (Å²) < 4.78 is 28.1. The first-order valence-electron chi connectivity index (χ1n) is 5.97. The Hall–Kier alpha value is -1.80. The zero-order valence-electron chi connectivity index (χ0n) is 11.7. The highest BCUT2D eigenvalue weighted by molar-refractivity contribution is 7.53. The molecule has 0 unspecified atom stereocenters. The maximum Gasteiger partial charge on any atom is 0.355 e. The van der Waals surface area contributed by atoms with Crippen LogP contribution in [0.1, 0.15) is 0 Å². The minimum Gasteiger partial charge on any atom is -0.382 e. The van der Waals surface area contributed by atoms with E-state index in [0.717, 1.165) is 0 Å². The maximum atomic E-state index is 11.7. The molecular formula is C11H16N5O4P. The quantitative estimate of drug-likeness (QED) is 0.601. The van der Waals surface area contributed by atoms with E-state index >= 15 is 0 Å². The molecule has 0 aromatic carbocycles. The molecule has 2 aromatic heterocycles. The summed E-state index contributed by atoms with van der Waals surface area (Å²) >= 11 is 0. The molecule has 2 N–H and O–H groups in total. The molecule has 2 rings (SSSR count). The molecule has 2 aromatic rings. The summed E-state index contributed by atoms with van der Waals surface area (Å²) in [6.07, 6.45) is 6.25. The van der Waals surface area contributed by atoms with Crippen molar-refractivity contribution in [3.63, 3.8) is 0 Å². The fraction of sp³-hybridized carbons (Fsp3) is 0.364. The summed E-state index contributed by atoms with van der Waals surface area (Å²) in [5.74, 6) is 0.324. The van der Waals surface area contributed by atoms with Gasteiger partial charge in [0.15, 0.2) is 17.0 Å². The van der Waals surface area contributed by atoms with Crippen molar-refractivity contribution in [2.45, 2.75) is 0 Å². The predicted octanol–water partition coefficient (Wildman–Crippen LogP) is 1.34. The van der Waals surface area contributed by atoms with Gasteiger partial charge < -0.3 is 19.5 Å². The van der Waals surface area contributed by atoms with E-state index < -0.39 is 7.60 Å². The number of nitrogens with two attached hydrogens (primary N) is 1. The number of hydrogen-bond donors (Lipinski definition) is 1. The molecule has 0 aliphatic heterocycles. The van der Waals surface area contributed by atoms with Crippen LogP contribution in [0.3, 0.4) is 0 Å². The fourth-order valence-electron chi connectivity index (χ4n) is 1.55. The summed E-state index contributed by atoms with van der Waals surface area (Å²) in [6.45, 7) is 0.233. The van der Waals surface area contributed by atoms with E-state index in [2.05, 4.69) is 15.0 Å². The molecule has 0 aliphatic carbocycles. The second-order valence-electron chi connectivity index (χ2n) is 3.94. The van der Waals surface area contributed by atoms with Crippen LogP contribution in [-0.2, 0) is 18.3 Å². The van der Waals surface area contributed by atoms with Crippen LogP contribution >= 0.6 is 7.60 Å². The highest BCUT2D eigenvalue weighted by atomic mass is 31.2. The van der Waals surface area contributed by atoms with Crippen molar-refractivity contribution in [3.8, 4) is 0 Å². The summed E-state index contributed by atoms with van der Waals surface area (Å²) in [6, 6.07) is 0. The van der Waals surface area contributed by atoms with E-state index in [1.807, 2.05) is 0 Å². The van der Waals surface area contributed by atoms with Gasteiger partial charge in [-0.05, 0) is 6.08 Å². The second kappa shape index (κ2) is 6.77. The van der Waals surface area contributed by atoms with E-state index in [0.29, 0.717) is 17.0 Å². The molecule has 0 atom stereocenters. The molecular weight excluding hydrogens is 297 g/mol. The molecule has 2 heterocycles. The van der Waals surface area contributed by atoms with Crippen molar-refractivity contribution in [1.82, 2.24) is 19.5 Å². The summed E-state index contributed by atoms with van der Waals surface area (Å²) in [4.78, 5) is 12.1. The van der Waals surface area contributed by atoms with Gasteiger partial charge in [0.1, 0.15) is 19.0 Å². The average molecular weight is 313 g/mol. The topological polar surface area (TPSA) is 114 Å². The molecule has 0 spiro atoms. The van der Waals surface area contributed by atoms with Gasteiger partial charge in [-0.25, -0.2) is 15.0 Å². The lowest BCUT2D eigenvalue weighted by atomic mass is 10.5. The van der Waals surface area contributed by atoms with Gasteiger partial charge in [0.2, 0.25) is 0 Å². The van der Waals surface area contributed by atoms with Crippen LogP contribution in [0.15, 0.2) is 18.7 Å². The van der Waals surface area contributed by atoms with Gasteiger partial charge in [0.05, 0.1) is 6.61 Å². The first-order valence-corrected chi connectivity index (χ1v) is 7.70. The number of ether oxygens (including phenoxy) is 1. The maximum absolute atomic E-state index is 11.7. The number of nitrogen functional groups attached to an aromatic ring is 1. The number of rotatable bonds is 7. The van der Waals surface area contributed by atoms with E-state index in [4.69, 9.17) is 19.5 Å². The van der Waals surface area contributed by atoms with Gasteiger partial charge in [-0.3, -0.25) is 9.13 Å². The molecule has 0 aliphatic rings. The Balaban J connectivity index is 1.95. The molecule has 0 amide bonds. The third kappa shape index (κ3) is 3.64. The van der Waals surface area contributed by atoms with Crippen LogP contribution < -0.4 is 5.73 Å². The van der Waals surface area contributed by atoms with Gasteiger partial charge >= 0.3 is 7.60 Å². The fourth-order valence-corrected chi connectivity index (χ4v) is 2.24. The summed E-state index contributed by atoms with van der Waals surface area (Å²) in [7, 11) is -0.518. The summed E-state index contributed by atoms with van der Waals surface area (Å²) in [5.41, 5.74) is 6.82. The molecule has 0 saturated heterocycles. The Morgan fingerprint density at radius 1 is 1.33 bits per heavy atom. The highest BCUT2D eigenvalue weighted by Gasteiger charge is 2.20. The highest BCUT2D eigenvalue weighted by Crippen LogP contribution is 2.45. The smallest absolute Gasteiger partial charge is 0.355 e. The van der Waals surface area contributed by atoms with Crippen molar-refractivity contribution in [1.29, 1.82) is 0 Å². The third-order valence-electron chi connectivity index (χ3n) is 2.67. The monoisotopic (exact) mass is 313 g/mol. The molecule has 0 bridgehead atoms. The number of hydrogen-bond acceptors (Lipinski definition) is 8. The largest absolute Gasteiger partial charge is 0.382 e. The Morgan fingerprint density at radius 3 is 2.81 bits per heavy atom. The molecule has 21 heavy (non-hydrogen) atoms. The number of anilines is 1. The number of fused-ring (bicyclic) bond motifs is 1. The van der Waals surface area contributed by atoms with Crippen molar-refractivity contribution >= 4 is 30.8 Å². The van der Waals surface area contributed by atoms with Crippen LogP contribution in [0, 0.1) is 0 Å². The van der Waals surface area contributed by atoms with Crippen molar-refractivity contribution in [2.75, 3.05) is 32.9 Å². The standard InChI is InChI=1S/C11H16N5O4P/c1-18-21(17,19-2)8-20-5-3-4-16-7-15-9-10(12)13-6-14-11(9)16/h3-4,6-7H,5,8H2,1-2H3,(H2,12,13,14). The van der Waals surface area contributed by atoms with Crippen molar-refractivity contribution in [3.05, 3.63) is 18.7 Å². The van der Waals surface area contributed by atoms with E-state index in [1.54, 1.807) is 23.2 Å². The Labute approximate surface area is 121 Å². The first-order chi connectivity index (χ1) is 10.1. The van der Waals surface area contributed by atoms with E-state index in [9.17, 15) is 4.57 Å². The lowest BCUT2D eigenvalue weighted by Gasteiger charge is -2.12. The lowest BCUT2D eigenvalue weighted by molar-refractivity contribution is 0.168. The SMILES string of the molecule is COP(=O)(COCC=Cn1cnc2c(N)ncnc21)OC. The zero-order chi connectivity index (χ0) is 15.3. The average Bonchev–Trinajstić information content (AvgIpc) is 2.91.